The van der Waals surface area contributed by atoms with Crippen molar-refractivity contribution in [2.24, 2.45) is 0 Å². The molecule has 1 atom stereocenters. The van der Waals surface area contributed by atoms with Gasteiger partial charge in [-0.2, -0.15) is 0 Å². The predicted molar refractivity (Wildman–Crippen MR) is 71.9 cm³/mol. The summed E-state index contributed by atoms with van der Waals surface area (Å²) in [6.07, 6.45) is -0.390. The van der Waals surface area contributed by atoms with Crippen molar-refractivity contribution >= 4 is 11.6 Å². The zero-order valence-corrected chi connectivity index (χ0v) is 11.2. The maximum atomic E-state index is 12.1. The van der Waals surface area contributed by atoms with Crippen LogP contribution in [0.15, 0.2) is 12.1 Å². The highest BCUT2D eigenvalue weighted by Crippen LogP contribution is 2.22. The van der Waals surface area contributed by atoms with Crippen molar-refractivity contribution < 1.29 is 9.53 Å². The number of hydrogen-bond acceptors (Lipinski definition) is 3. The number of carbonyl (C=O) groups excluding carboxylic acids is 1. The van der Waals surface area contributed by atoms with Gasteiger partial charge in [-0.3, -0.25) is 4.79 Å². The van der Waals surface area contributed by atoms with E-state index >= 15 is 0 Å². The molecule has 4 nitrogen and oxygen atoms in total. The largest absolute Gasteiger partial charge is 0.366 e. The van der Waals surface area contributed by atoms with Crippen LogP contribution in [0.1, 0.15) is 16.7 Å². The van der Waals surface area contributed by atoms with Crippen LogP contribution in [0, 0.1) is 20.8 Å². The van der Waals surface area contributed by atoms with Gasteiger partial charge in [0.1, 0.15) is 6.10 Å². The van der Waals surface area contributed by atoms with Gasteiger partial charge in [-0.15, -0.1) is 0 Å². The summed E-state index contributed by atoms with van der Waals surface area (Å²) in [5, 5.41) is 6.13. The van der Waals surface area contributed by atoms with E-state index in [0.29, 0.717) is 13.2 Å². The first-order valence-electron chi connectivity index (χ1n) is 6.29. The molecule has 0 radical (unpaired) electrons. The lowest BCUT2D eigenvalue weighted by Crippen LogP contribution is -2.45. The zero-order valence-electron chi connectivity index (χ0n) is 11.2. The molecule has 2 N–H and O–H groups in total. The monoisotopic (exact) mass is 248 g/mol. The Bertz CT molecular complexity index is 428. The first-order valence-corrected chi connectivity index (χ1v) is 6.29. The van der Waals surface area contributed by atoms with Gasteiger partial charge in [0, 0.05) is 18.8 Å². The Hall–Kier alpha value is -1.39. The zero-order chi connectivity index (χ0) is 13.1. The molecule has 1 fully saturated rings. The molecule has 0 spiro atoms. The molecule has 0 saturated carbocycles. The van der Waals surface area contributed by atoms with Crippen molar-refractivity contribution in [3.8, 4) is 0 Å². The number of amides is 1. The summed E-state index contributed by atoms with van der Waals surface area (Å²) in [5.41, 5.74) is 4.28. The first-order chi connectivity index (χ1) is 8.58. The van der Waals surface area contributed by atoms with E-state index in [2.05, 4.69) is 29.7 Å². The summed E-state index contributed by atoms with van der Waals surface area (Å²) in [5.74, 6) is -0.0720. The minimum Gasteiger partial charge on any atom is -0.366 e. The van der Waals surface area contributed by atoms with E-state index in [1.165, 1.54) is 5.56 Å². The molecule has 1 aliphatic rings. The molecule has 1 aromatic carbocycles. The molecule has 0 aliphatic carbocycles. The van der Waals surface area contributed by atoms with Crippen LogP contribution in [0.4, 0.5) is 5.69 Å². The summed E-state index contributed by atoms with van der Waals surface area (Å²) in [4.78, 5) is 12.1. The van der Waals surface area contributed by atoms with Gasteiger partial charge in [-0.05, 0) is 31.9 Å². The van der Waals surface area contributed by atoms with Crippen LogP contribution in [0.3, 0.4) is 0 Å². The second kappa shape index (κ2) is 5.50. The fraction of sp³-hybridized carbons (Fsp3) is 0.500. The summed E-state index contributed by atoms with van der Waals surface area (Å²) in [7, 11) is 0. The molecule has 1 aliphatic heterocycles. The Balaban J connectivity index is 2.11. The molecule has 4 heteroatoms. The molecule has 1 heterocycles. The number of aryl methyl sites for hydroxylation is 3. The topological polar surface area (TPSA) is 50.4 Å². The highest BCUT2D eigenvalue weighted by atomic mass is 16.5. The van der Waals surface area contributed by atoms with Crippen LogP contribution in [-0.4, -0.2) is 31.7 Å². The minimum atomic E-state index is -0.390. The SMILES string of the molecule is Cc1cc(C)c(NC(=O)C2CNCCO2)c(C)c1. The van der Waals surface area contributed by atoms with E-state index in [1.807, 2.05) is 13.8 Å². The third-order valence-corrected chi connectivity index (χ3v) is 3.15. The Labute approximate surface area is 108 Å². The van der Waals surface area contributed by atoms with E-state index < -0.39 is 0 Å². The summed E-state index contributed by atoms with van der Waals surface area (Å²) in [6.45, 7) is 8.05. The number of carbonyl (C=O) groups is 1. The van der Waals surface area contributed by atoms with Crippen molar-refractivity contribution in [2.75, 3.05) is 25.0 Å². The third-order valence-electron chi connectivity index (χ3n) is 3.15. The van der Waals surface area contributed by atoms with Crippen LogP contribution < -0.4 is 10.6 Å². The van der Waals surface area contributed by atoms with Crippen LogP contribution in [0.5, 0.6) is 0 Å². The van der Waals surface area contributed by atoms with Gasteiger partial charge >= 0.3 is 0 Å². The van der Waals surface area contributed by atoms with Gasteiger partial charge in [-0.25, -0.2) is 0 Å². The van der Waals surface area contributed by atoms with Gasteiger partial charge in [0.15, 0.2) is 0 Å². The third kappa shape index (κ3) is 2.89. The minimum absolute atomic E-state index is 0.0720. The molecule has 2 rings (SSSR count). The Kier molecular flexibility index (Phi) is 3.99. The molecule has 18 heavy (non-hydrogen) atoms. The number of hydrogen-bond donors (Lipinski definition) is 2. The number of ether oxygens (including phenoxy) is 1. The Morgan fingerprint density at radius 3 is 2.56 bits per heavy atom. The number of morpholine rings is 1. The fourth-order valence-electron chi connectivity index (χ4n) is 2.31. The molecule has 0 bridgehead atoms. The molecule has 0 aromatic heterocycles. The molecular formula is C14H20N2O2. The number of anilines is 1. The normalized spacial score (nSPS) is 19.6. The number of benzene rings is 1. The average Bonchev–Trinajstić information content (AvgIpc) is 2.34. The van der Waals surface area contributed by atoms with Gasteiger partial charge in [0.05, 0.1) is 6.61 Å². The van der Waals surface area contributed by atoms with Gasteiger partial charge in [-0.1, -0.05) is 17.7 Å². The van der Waals surface area contributed by atoms with Crippen molar-refractivity contribution in [2.45, 2.75) is 26.9 Å². The maximum Gasteiger partial charge on any atom is 0.254 e. The van der Waals surface area contributed by atoms with Crippen LogP contribution >= 0.6 is 0 Å². The lowest BCUT2D eigenvalue weighted by Gasteiger charge is -2.23. The van der Waals surface area contributed by atoms with Crippen molar-refractivity contribution in [1.82, 2.24) is 5.32 Å². The number of nitrogens with one attached hydrogen (secondary N) is 2. The summed E-state index contributed by atoms with van der Waals surface area (Å²) >= 11 is 0. The fourth-order valence-corrected chi connectivity index (χ4v) is 2.31. The molecular weight excluding hydrogens is 228 g/mol. The van der Waals surface area contributed by atoms with Gasteiger partial charge in [0.2, 0.25) is 0 Å². The van der Waals surface area contributed by atoms with E-state index in [0.717, 1.165) is 23.4 Å². The molecule has 1 unspecified atom stereocenters. The van der Waals surface area contributed by atoms with E-state index in [4.69, 9.17) is 4.74 Å². The van der Waals surface area contributed by atoms with Crippen LogP contribution in [0.2, 0.25) is 0 Å². The van der Waals surface area contributed by atoms with Crippen molar-refractivity contribution in [3.63, 3.8) is 0 Å². The Morgan fingerprint density at radius 2 is 2.00 bits per heavy atom. The quantitative estimate of drug-likeness (QED) is 0.834. The lowest BCUT2D eigenvalue weighted by atomic mass is 10.0. The second-order valence-corrected chi connectivity index (χ2v) is 4.83. The van der Waals surface area contributed by atoms with Crippen LogP contribution in [-0.2, 0) is 9.53 Å². The molecule has 1 aromatic rings. The molecule has 1 amide bonds. The van der Waals surface area contributed by atoms with Crippen molar-refractivity contribution in [1.29, 1.82) is 0 Å². The number of rotatable bonds is 2. The highest BCUT2D eigenvalue weighted by molar-refractivity contribution is 5.95. The summed E-state index contributed by atoms with van der Waals surface area (Å²) < 4.78 is 5.44. The van der Waals surface area contributed by atoms with Gasteiger partial charge in [0.25, 0.3) is 5.91 Å². The highest BCUT2D eigenvalue weighted by Gasteiger charge is 2.22. The Morgan fingerprint density at radius 1 is 1.33 bits per heavy atom. The second-order valence-electron chi connectivity index (χ2n) is 4.83. The standard InChI is InChI=1S/C14H20N2O2/c1-9-6-10(2)13(11(3)7-9)16-14(17)12-8-15-4-5-18-12/h6-7,12,15H,4-5,8H2,1-3H3,(H,16,17). The van der Waals surface area contributed by atoms with E-state index in [9.17, 15) is 4.79 Å². The predicted octanol–water partition coefficient (Wildman–Crippen LogP) is 1.54. The summed E-state index contributed by atoms with van der Waals surface area (Å²) in [6, 6.07) is 4.14. The van der Waals surface area contributed by atoms with Crippen molar-refractivity contribution in [3.05, 3.63) is 28.8 Å². The van der Waals surface area contributed by atoms with E-state index in [-0.39, 0.29) is 12.0 Å². The smallest absolute Gasteiger partial charge is 0.254 e. The first kappa shape index (κ1) is 13.1. The molecule has 98 valence electrons. The van der Waals surface area contributed by atoms with Crippen LogP contribution in [0.25, 0.3) is 0 Å². The maximum absolute atomic E-state index is 12.1. The average molecular weight is 248 g/mol. The van der Waals surface area contributed by atoms with E-state index in [1.54, 1.807) is 0 Å². The lowest BCUT2D eigenvalue weighted by molar-refractivity contribution is -0.128. The molecule has 1 saturated heterocycles. The van der Waals surface area contributed by atoms with Gasteiger partial charge < -0.3 is 15.4 Å².